The summed E-state index contributed by atoms with van der Waals surface area (Å²) in [4.78, 5) is 10.2. The van der Waals surface area contributed by atoms with Crippen LogP contribution in [0.5, 0.6) is 11.5 Å². The van der Waals surface area contributed by atoms with Crippen LogP contribution in [-0.4, -0.2) is 24.9 Å². The Kier molecular flexibility index (Phi) is 4.23. The number of hydrogen-bond acceptors (Lipinski definition) is 4. The van der Waals surface area contributed by atoms with Crippen molar-refractivity contribution >= 4 is 0 Å². The van der Waals surface area contributed by atoms with Gasteiger partial charge in [-0.05, 0) is 37.3 Å². The van der Waals surface area contributed by atoms with E-state index in [2.05, 4.69) is 0 Å². The molecule has 94 valence electrons. The predicted molar refractivity (Wildman–Crippen MR) is 63.0 cm³/mol. The molecule has 1 aromatic rings. The monoisotopic (exact) mass is 238 g/mol. The van der Waals surface area contributed by atoms with Crippen molar-refractivity contribution in [2.75, 3.05) is 13.7 Å². The van der Waals surface area contributed by atoms with Crippen LogP contribution in [0.15, 0.2) is 18.2 Å². The van der Waals surface area contributed by atoms with Crippen molar-refractivity contribution in [1.82, 2.24) is 0 Å². The second-order valence-corrected chi connectivity index (χ2v) is 4.22. The van der Waals surface area contributed by atoms with Gasteiger partial charge in [-0.25, -0.2) is 9.78 Å². The van der Waals surface area contributed by atoms with E-state index in [0.29, 0.717) is 6.61 Å². The number of phenolic OH excluding ortho intramolecular Hbond substituents is 1. The molecule has 1 aliphatic heterocycles. The molecule has 4 heteroatoms. The number of aromatic hydroxyl groups is 1. The predicted octanol–water partition coefficient (Wildman–Crippen LogP) is 2.44. The van der Waals surface area contributed by atoms with Gasteiger partial charge in [-0.15, -0.1) is 0 Å². The average Bonchev–Trinajstić information content (AvgIpc) is 2.38. The summed E-state index contributed by atoms with van der Waals surface area (Å²) in [6, 6.07) is 5.20. The van der Waals surface area contributed by atoms with E-state index in [1.807, 2.05) is 6.07 Å². The third-order valence-corrected chi connectivity index (χ3v) is 2.96. The molecule has 0 saturated carbocycles. The zero-order chi connectivity index (χ0) is 12.1. The Balaban J connectivity index is 1.93. The number of phenols is 1. The van der Waals surface area contributed by atoms with Crippen molar-refractivity contribution < 1.29 is 19.6 Å². The number of rotatable bonds is 4. The van der Waals surface area contributed by atoms with Gasteiger partial charge < -0.3 is 9.84 Å². The van der Waals surface area contributed by atoms with Crippen LogP contribution in [0, 0.1) is 0 Å². The molecule has 1 saturated heterocycles. The minimum atomic E-state index is 0.169. The Morgan fingerprint density at radius 1 is 1.47 bits per heavy atom. The maximum atomic E-state index is 9.36. The van der Waals surface area contributed by atoms with Crippen molar-refractivity contribution in [2.24, 2.45) is 0 Å². The van der Waals surface area contributed by atoms with E-state index in [4.69, 9.17) is 14.5 Å². The van der Waals surface area contributed by atoms with Crippen molar-refractivity contribution in [2.45, 2.75) is 31.8 Å². The van der Waals surface area contributed by atoms with Crippen molar-refractivity contribution in [3.63, 3.8) is 0 Å². The number of ether oxygens (including phenoxy) is 1. The molecule has 1 unspecified atom stereocenters. The van der Waals surface area contributed by atoms with Crippen LogP contribution in [0.25, 0.3) is 0 Å². The first kappa shape index (κ1) is 12.2. The molecule has 1 N–H and O–H groups in total. The molecule has 4 nitrogen and oxygen atoms in total. The highest BCUT2D eigenvalue weighted by molar-refractivity contribution is 5.40. The van der Waals surface area contributed by atoms with Gasteiger partial charge in [-0.3, -0.25) is 0 Å². The molecule has 1 fully saturated rings. The van der Waals surface area contributed by atoms with Gasteiger partial charge in [0.25, 0.3) is 0 Å². The first-order valence-corrected chi connectivity index (χ1v) is 5.94. The highest BCUT2D eigenvalue weighted by atomic mass is 17.2. The Morgan fingerprint density at radius 3 is 3.06 bits per heavy atom. The lowest BCUT2D eigenvalue weighted by Crippen LogP contribution is -2.20. The summed E-state index contributed by atoms with van der Waals surface area (Å²) in [5, 5.41) is 9.36. The van der Waals surface area contributed by atoms with E-state index in [0.717, 1.165) is 37.0 Å². The number of benzene rings is 1. The summed E-state index contributed by atoms with van der Waals surface area (Å²) in [5.74, 6) is 0.949. The molecule has 0 aliphatic carbocycles. The summed E-state index contributed by atoms with van der Waals surface area (Å²) in [6.07, 6.45) is 4.03. The van der Waals surface area contributed by atoms with Crippen molar-refractivity contribution in [1.29, 1.82) is 0 Å². The fraction of sp³-hybridized carbons (Fsp3) is 0.538. The molecule has 2 rings (SSSR count). The number of aryl methyl sites for hydroxylation is 1. The lowest BCUT2D eigenvalue weighted by atomic mass is 10.0. The Hall–Kier alpha value is -1.26. The lowest BCUT2D eigenvalue weighted by molar-refractivity contribution is -0.345. The van der Waals surface area contributed by atoms with Crippen LogP contribution in [-0.2, 0) is 16.2 Å². The molecule has 0 radical (unpaired) electrons. The molecule has 0 spiro atoms. The van der Waals surface area contributed by atoms with Gasteiger partial charge in [0, 0.05) is 6.07 Å². The molecule has 1 heterocycles. The van der Waals surface area contributed by atoms with E-state index in [-0.39, 0.29) is 11.9 Å². The molecular weight excluding hydrogens is 220 g/mol. The maximum absolute atomic E-state index is 9.36. The smallest absolute Gasteiger partial charge is 0.125 e. The molecule has 0 bridgehead atoms. The number of hydrogen-bond donors (Lipinski definition) is 1. The molecule has 0 aromatic heterocycles. The van der Waals surface area contributed by atoms with Crippen molar-refractivity contribution in [3.05, 3.63) is 23.8 Å². The third-order valence-electron chi connectivity index (χ3n) is 2.96. The van der Waals surface area contributed by atoms with Crippen LogP contribution in [0.1, 0.15) is 24.8 Å². The van der Waals surface area contributed by atoms with Gasteiger partial charge in [0.2, 0.25) is 0 Å². The SMILES string of the molecule is COc1cc(O)ccc1CCC1CCCOO1. The molecule has 0 amide bonds. The minimum Gasteiger partial charge on any atom is -0.508 e. The minimum absolute atomic E-state index is 0.169. The quantitative estimate of drug-likeness (QED) is 0.818. The molecule has 1 aliphatic rings. The van der Waals surface area contributed by atoms with Crippen LogP contribution in [0.4, 0.5) is 0 Å². The van der Waals surface area contributed by atoms with Crippen LogP contribution >= 0.6 is 0 Å². The average molecular weight is 238 g/mol. The van der Waals surface area contributed by atoms with E-state index >= 15 is 0 Å². The Morgan fingerprint density at radius 2 is 2.35 bits per heavy atom. The largest absolute Gasteiger partial charge is 0.508 e. The molecule has 1 atom stereocenters. The number of methoxy groups -OCH3 is 1. The molecule has 17 heavy (non-hydrogen) atoms. The summed E-state index contributed by atoms with van der Waals surface area (Å²) in [5.41, 5.74) is 1.08. The summed E-state index contributed by atoms with van der Waals surface area (Å²) in [7, 11) is 1.61. The first-order chi connectivity index (χ1) is 8.29. The second kappa shape index (κ2) is 5.89. The van der Waals surface area contributed by atoms with Gasteiger partial charge >= 0.3 is 0 Å². The van der Waals surface area contributed by atoms with Crippen LogP contribution < -0.4 is 4.74 Å². The summed E-state index contributed by atoms with van der Waals surface area (Å²) >= 11 is 0. The zero-order valence-corrected chi connectivity index (χ0v) is 10.0. The normalized spacial score (nSPS) is 20.2. The third kappa shape index (κ3) is 3.35. The van der Waals surface area contributed by atoms with Crippen LogP contribution in [0.3, 0.4) is 0 Å². The fourth-order valence-corrected chi connectivity index (χ4v) is 2.01. The topological polar surface area (TPSA) is 47.9 Å². The lowest BCUT2D eigenvalue weighted by Gasteiger charge is -2.21. The Labute approximate surface area is 101 Å². The summed E-state index contributed by atoms with van der Waals surface area (Å²) < 4.78 is 5.23. The maximum Gasteiger partial charge on any atom is 0.125 e. The van der Waals surface area contributed by atoms with Gasteiger partial charge in [-0.1, -0.05) is 6.07 Å². The first-order valence-electron chi connectivity index (χ1n) is 5.94. The summed E-state index contributed by atoms with van der Waals surface area (Å²) in [6.45, 7) is 0.693. The highest BCUT2D eigenvalue weighted by Gasteiger charge is 2.16. The van der Waals surface area contributed by atoms with E-state index in [9.17, 15) is 5.11 Å². The highest BCUT2D eigenvalue weighted by Crippen LogP contribution is 2.26. The van der Waals surface area contributed by atoms with Gasteiger partial charge in [0.15, 0.2) is 0 Å². The van der Waals surface area contributed by atoms with Crippen molar-refractivity contribution in [3.8, 4) is 11.5 Å². The van der Waals surface area contributed by atoms with E-state index in [1.54, 1.807) is 19.2 Å². The Bertz CT molecular complexity index is 358. The zero-order valence-electron chi connectivity index (χ0n) is 10.0. The fourth-order valence-electron chi connectivity index (χ4n) is 2.01. The van der Waals surface area contributed by atoms with Gasteiger partial charge in [-0.2, -0.15) is 0 Å². The second-order valence-electron chi connectivity index (χ2n) is 4.22. The van der Waals surface area contributed by atoms with Gasteiger partial charge in [0.1, 0.15) is 11.5 Å². The molecular formula is C13H18O4. The van der Waals surface area contributed by atoms with Crippen LogP contribution in [0.2, 0.25) is 0 Å². The molecule has 1 aromatic carbocycles. The van der Waals surface area contributed by atoms with Gasteiger partial charge in [0.05, 0.1) is 19.8 Å². The standard InChI is InChI=1S/C13H18O4/c1-15-13-9-11(14)6-4-10(13)5-7-12-3-2-8-16-17-12/h4,6,9,12,14H,2-3,5,7-8H2,1H3. The van der Waals surface area contributed by atoms with E-state index < -0.39 is 0 Å². The van der Waals surface area contributed by atoms with E-state index in [1.165, 1.54) is 0 Å².